The standard InChI is InChI=1S/C23H23FN2O4/c1-23(2,3)17-10-13(15-6-5-9-25-21(15)28)11-19(20(17)30-4)26-22(29)16-8-7-14(27)12-18(16)24/h5-12,27H,1-4H3,(H,25,28)(H,26,29). The Balaban J connectivity index is 2.17. The van der Waals surface area contributed by atoms with Crippen LogP contribution in [0.3, 0.4) is 0 Å². The van der Waals surface area contributed by atoms with Gasteiger partial charge in [-0.15, -0.1) is 0 Å². The lowest BCUT2D eigenvalue weighted by Crippen LogP contribution is -2.18. The fourth-order valence-corrected chi connectivity index (χ4v) is 3.18. The average molecular weight is 410 g/mol. The third kappa shape index (κ3) is 4.20. The molecule has 3 aromatic rings. The molecule has 6 nitrogen and oxygen atoms in total. The zero-order valence-corrected chi connectivity index (χ0v) is 17.2. The summed E-state index contributed by atoms with van der Waals surface area (Å²) in [6.07, 6.45) is 1.54. The number of amides is 1. The normalized spacial score (nSPS) is 11.2. The first-order valence-electron chi connectivity index (χ1n) is 9.32. The van der Waals surface area contributed by atoms with Gasteiger partial charge in [-0.2, -0.15) is 0 Å². The molecule has 0 saturated heterocycles. The summed E-state index contributed by atoms with van der Waals surface area (Å²) in [4.78, 5) is 27.7. The lowest BCUT2D eigenvalue weighted by molar-refractivity contribution is 0.102. The number of H-pyrrole nitrogens is 1. The highest BCUT2D eigenvalue weighted by molar-refractivity contribution is 6.05. The second-order valence-corrected chi connectivity index (χ2v) is 7.89. The van der Waals surface area contributed by atoms with Gasteiger partial charge in [-0.25, -0.2) is 4.39 Å². The quantitative estimate of drug-likeness (QED) is 0.593. The second kappa shape index (κ2) is 8.02. The van der Waals surface area contributed by atoms with E-state index < -0.39 is 11.7 Å². The highest BCUT2D eigenvalue weighted by Gasteiger charge is 2.25. The van der Waals surface area contributed by atoms with Gasteiger partial charge in [0.1, 0.15) is 17.3 Å². The Morgan fingerprint density at radius 1 is 1.17 bits per heavy atom. The molecule has 2 aromatic carbocycles. The van der Waals surface area contributed by atoms with Crippen LogP contribution in [-0.2, 0) is 5.41 Å². The van der Waals surface area contributed by atoms with Gasteiger partial charge in [0.05, 0.1) is 18.4 Å². The number of ether oxygens (including phenoxy) is 1. The second-order valence-electron chi connectivity index (χ2n) is 7.89. The Kier molecular flexibility index (Phi) is 5.64. The molecule has 0 radical (unpaired) electrons. The van der Waals surface area contributed by atoms with Crippen molar-refractivity contribution >= 4 is 11.6 Å². The van der Waals surface area contributed by atoms with E-state index in [4.69, 9.17) is 4.74 Å². The van der Waals surface area contributed by atoms with Crippen LogP contribution in [0.1, 0.15) is 36.7 Å². The number of nitrogens with one attached hydrogen (secondary N) is 2. The van der Waals surface area contributed by atoms with E-state index in [-0.39, 0.29) is 22.3 Å². The number of hydrogen-bond acceptors (Lipinski definition) is 4. The van der Waals surface area contributed by atoms with Gasteiger partial charge in [0.25, 0.3) is 11.5 Å². The molecule has 1 amide bonds. The Hall–Kier alpha value is -3.61. The summed E-state index contributed by atoms with van der Waals surface area (Å²) in [5.41, 5.74) is 1.22. The topological polar surface area (TPSA) is 91.4 Å². The third-order valence-electron chi connectivity index (χ3n) is 4.68. The van der Waals surface area contributed by atoms with Gasteiger partial charge in [0.2, 0.25) is 0 Å². The number of aromatic nitrogens is 1. The summed E-state index contributed by atoms with van der Waals surface area (Å²) in [5.74, 6) is -1.41. The molecule has 1 heterocycles. The summed E-state index contributed by atoms with van der Waals surface area (Å²) in [6, 6.07) is 10.2. The molecule has 1 aromatic heterocycles. The molecule has 0 aliphatic carbocycles. The minimum absolute atomic E-state index is 0.227. The van der Waals surface area contributed by atoms with E-state index in [9.17, 15) is 19.1 Å². The number of phenols is 1. The maximum atomic E-state index is 14.2. The fraction of sp³-hybridized carbons (Fsp3) is 0.217. The zero-order chi connectivity index (χ0) is 22.1. The van der Waals surface area contributed by atoms with E-state index in [1.807, 2.05) is 26.8 Å². The van der Waals surface area contributed by atoms with Crippen molar-refractivity contribution in [2.75, 3.05) is 12.4 Å². The van der Waals surface area contributed by atoms with Gasteiger partial charge in [-0.1, -0.05) is 20.8 Å². The zero-order valence-electron chi connectivity index (χ0n) is 17.2. The molecular weight excluding hydrogens is 387 g/mol. The highest BCUT2D eigenvalue weighted by Crippen LogP contribution is 2.40. The number of rotatable bonds is 4. The molecule has 3 N–H and O–H groups in total. The number of carbonyl (C=O) groups excluding carboxylic acids is 1. The number of phenolic OH excluding ortho intramolecular Hbond substituents is 1. The number of anilines is 1. The molecular formula is C23H23FN2O4. The van der Waals surface area contributed by atoms with E-state index in [1.54, 1.807) is 18.2 Å². The van der Waals surface area contributed by atoms with Gasteiger partial charge in [-0.05, 0) is 47.4 Å². The lowest BCUT2D eigenvalue weighted by atomic mass is 9.84. The van der Waals surface area contributed by atoms with Gasteiger partial charge < -0.3 is 20.1 Å². The summed E-state index contributed by atoms with van der Waals surface area (Å²) in [7, 11) is 1.48. The van der Waals surface area contributed by atoms with Crippen LogP contribution >= 0.6 is 0 Å². The Bertz CT molecular complexity index is 1160. The first-order chi connectivity index (χ1) is 14.1. The molecule has 0 bridgehead atoms. The highest BCUT2D eigenvalue weighted by atomic mass is 19.1. The van der Waals surface area contributed by atoms with Crippen molar-refractivity contribution in [1.29, 1.82) is 0 Å². The minimum atomic E-state index is -0.849. The van der Waals surface area contributed by atoms with E-state index in [2.05, 4.69) is 10.3 Å². The number of benzene rings is 2. The van der Waals surface area contributed by atoms with Gasteiger partial charge in [0.15, 0.2) is 0 Å². The average Bonchev–Trinajstić information content (AvgIpc) is 2.67. The number of hydrogen-bond donors (Lipinski definition) is 3. The van der Waals surface area contributed by atoms with Crippen LogP contribution in [0.2, 0.25) is 0 Å². The van der Waals surface area contributed by atoms with Crippen molar-refractivity contribution in [3.05, 3.63) is 76.0 Å². The molecule has 0 aliphatic heterocycles. The van der Waals surface area contributed by atoms with Crippen molar-refractivity contribution in [2.24, 2.45) is 0 Å². The summed E-state index contributed by atoms with van der Waals surface area (Å²) in [5, 5.41) is 12.1. The first-order valence-corrected chi connectivity index (χ1v) is 9.32. The van der Waals surface area contributed by atoms with Crippen molar-refractivity contribution in [3.63, 3.8) is 0 Å². The summed E-state index contributed by atoms with van der Waals surface area (Å²) < 4.78 is 19.7. The molecule has 0 aliphatic rings. The van der Waals surface area contributed by atoms with Gasteiger partial charge >= 0.3 is 0 Å². The predicted octanol–water partition coefficient (Wildman–Crippen LogP) is 4.45. The maximum Gasteiger partial charge on any atom is 0.258 e. The van der Waals surface area contributed by atoms with Crippen molar-refractivity contribution in [1.82, 2.24) is 4.98 Å². The van der Waals surface area contributed by atoms with Gasteiger partial charge in [-0.3, -0.25) is 9.59 Å². The molecule has 0 spiro atoms. The number of pyridine rings is 1. The number of aromatic hydroxyl groups is 1. The van der Waals surface area contributed by atoms with Crippen LogP contribution in [0.5, 0.6) is 11.5 Å². The van der Waals surface area contributed by atoms with E-state index in [1.165, 1.54) is 25.4 Å². The van der Waals surface area contributed by atoms with E-state index in [0.717, 1.165) is 11.6 Å². The summed E-state index contributed by atoms with van der Waals surface area (Å²) >= 11 is 0. The number of carbonyl (C=O) groups is 1. The lowest BCUT2D eigenvalue weighted by Gasteiger charge is -2.25. The Labute approximate surface area is 173 Å². The minimum Gasteiger partial charge on any atom is -0.508 e. The van der Waals surface area contributed by atoms with Crippen LogP contribution in [0, 0.1) is 5.82 Å². The molecule has 30 heavy (non-hydrogen) atoms. The van der Waals surface area contributed by atoms with Crippen LogP contribution in [0.4, 0.5) is 10.1 Å². The third-order valence-corrected chi connectivity index (χ3v) is 4.68. The molecule has 7 heteroatoms. The van der Waals surface area contributed by atoms with E-state index in [0.29, 0.717) is 22.6 Å². The molecule has 3 rings (SSSR count). The van der Waals surface area contributed by atoms with Crippen LogP contribution in [-0.4, -0.2) is 23.1 Å². The molecule has 156 valence electrons. The SMILES string of the molecule is COc1c(NC(=O)c2ccc(O)cc2F)cc(-c2ccc[nH]c2=O)cc1C(C)(C)C. The van der Waals surface area contributed by atoms with Crippen molar-refractivity contribution in [3.8, 4) is 22.6 Å². The summed E-state index contributed by atoms with van der Waals surface area (Å²) in [6.45, 7) is 5.94. The van der Waals surface area contributed by atoms with Crippen molar-refractivity contribution in [2.45, 2.75) is 26.2 Å². The molecule has 0 unspecified atom stereocenters. The largest absolute Gasteiger partial charge is 0.508 e. The van der Waals surface area contributed by atoms with Crippen LogP contribution in [0.25, 0.3) is 11.1 Å². The maximum absolute atomic E-state index is 14.2. The number of halogens is 1. The molecule has 0 atom stereocenters. The first kappa shape index (κ1) is 21.1. The van der Waals surface area contributed by atoms with E-state index >= 15 is 0 Å². The number of methoxy groups -OCH3 is 1. The Morgan fingerprint density at radius 3 is 2.50 bits per heavy atom. The molecule has 0 saturated carbocycles. The van der Waals surface area contributed by atoms with Crippen LogP contribution in [0.15, 0.2) is 53.5 Å². The predicted molar refractivity (Wildman–Crippen MR) is 114 cm³/mol. The van der Waals surface area contributed by atoms with Crippen molar-refractivity contribution < 1.29 is 19.0 Å². The van der Waals surface area contributed by atoms with Gasteiger partial charge in [0, 0.05) is 23.4 Å². The monoisotopic (exact) mass is 410 g/mol. The number of aromatic amines is 1. The van der Waals surface area contributed by atoms with Crippen LogP contribution < -0.4 is 15.6 Å². The molecule has 0 fully saturated rings. The smallest absolute Gasteiger partial charge is 0.258 e. The fourth-order valence-electron chi connectivity index (χ4n) is 3.18. The Morgan fingerprint density at radius 2 is 1.90 bits per heavy atom.